The summed E-state index contributed by atoms with van der Waals surface area (Å²) in [7, 11) is 0. The molecular weight excluding hydrogens is 344 g/mol. The number of amides is 1. The number of thioether (sulfide) groups is 1. The van der Waals surface area contributed by atoms with Crippen LogP contribution in [0.4, 0.5) is 5.69 Å². The van der Waals surface area contributed by atoms with Gasteiger partial charge in [0.2, 0.25) is 5.91 Å². The van der Waals surface area contributed by atoms with Crippen LogP contribution in [0.2, 0.25) is 0 Å². The van der Waals surface area contributed by atoms with E-state index in [0.717, 1.165) is 48.4 Å². The van der Waals surface area contributed by atoms with Gasteiger partial charge in [-0.25, -0.2) is 0 Å². The minimum atomic E-state index is -0.157. The molecule has 24 heavy (non-hydrogen) atoms. The van der Waals surface area contributed by atoms with E-state index in [1.165, 1.54) is 10.5 Å². The van der Waals surface area contributed by atoms with Crippen LogP contribution in [0.25, 0.3) is 0 Å². The van der Waals surface area contributed by atoms with Crippen LogP contribution in [0.1, 0.15) is 44.7 Å². The maximum absolute atomic E-state index is 12.5. The number of benzene rings is 1. The van der Waals surface area contributed by atoms with Crippen LogP contribution in [0.3, 0.4) is 0 Å². The number of alkyl halides is 1. The SMILES string of the molecule is CCSc1ccc(CC)c(N(CON=C2CC2)C(=O)CCl)c1CC. The van der Waals surface area contributed by atoms with Gasteiger partial charge in [0.15, 0.2) is 6.73 Å². The summed E-state index contributed by atoms with van der Waals surface area (Å²) >= 11 is 7.65. The van der Waals surface area contributed by atoms with Crippen LogP contribution in [-0.2, 0) is 22.5 Å². The number of hydrogen-bond donors (Lipinski definition) is 0. The first kappa shape index (κ1) is 19.1. The van der Waals surface area contributed by atoms with Crippen LogP contribution in [0.5, 0.6) is 0 Å². The summed E-state index contributed by atoms with van der Waals surface area (Å²) in [5.74, 6) is 0.763. The van der Waals surface area contributed by atoms with Gasteiger partial charge in [-0.05, 0) is 48.6 Å². The van der Waals surface area contributed by atoms with E-state index in [0.29, 0.717) is 0 Å². The van der Waals surface area contributed by atoms with Gasteiger partial charge in [-0.1, -0.05) is 32.0 Å². The average Bonchev–Trinajstić information content (AvgIpc) is 3.42. The predicted molar refractivity (Wildman–Crippen MR) is 102 cm³/mol. The Morgan fingerprint density at radius 3 is 2.58 bits per heavy atom. The van der Waals surface area contributed by atoms with E-state index >= 15 is 0 Å². The molecule has 0 heterocycles. The van der Waals surface area contributed by atoms with E-state index < -0.39 is 0 Å². The van der Waals surface area contributed by atoms with Gasteiger partial charge in [0.25, 0.3) is 0 Å². The van der Waals surface area contributed by atoms with Crippen molar-refractivity contribution in [2.24, 2.45) is 5.16 Å². The van der Waals surface area contributed by atoms with E-state index in [4.69, 9.17) is 16.4 Å². The molecule has 1 amide bonds. The zero-order valence-electron chi connectivity index (χ0n) is 14.6. The maximum atomic E-state index is 12.5. The first-order valence-electron chi connectivity index (χ1n) is 8.47. The number of carbonyl (C=O) groups excluding carboxylic acids is 1. The van der Waals surface area contributed by atoms with Gasteiger partial charge < -0.3 is 4.84 Å². The van der Waals surface area contributed by atoms with Gasteiger partial charge in [-0.2, -0.15) is 0 Å². The Hall–Kier alpha value is -1.20. The van der Waals surface area contributed by atoms with Crippen molar-refractivity contribution in [3.63, 3.8) is 0 Å². The number of halogens is 1. The lowest BCUT2D eigenvalue weighted by Crippen LogP contribution is -2.35. The third kappa shape index (κ3) is 4.67. The molecule has 0 aliphatic heterocycles. The van der Waals surface area contributed by atoms with Crippen molar-refractivity contribution in [1.29, 1.82) is 0 Å². The molecule has 1 aliphatic carbocycles. The van der Waals surface area contributed by atoms with E-state index in [9.17, 15) is 4.79 Å². The van der Waals surface area contributed by atoms with Crippen molar-refractivity contribution in [2.45, 2.75) is 51.3 Å². The molecule has 0 bridgehead atoms. The molecule has 1 saturated carbocycles. The molecule has 2 rings (SSSR count). The van der Waals surface area contributed by atoms with Gasteiger partial charge in [-0.3, -0.25) is 9.69 Å². The van der Waals surface area contributed by atoms with Crippen molar-refractivity contribution in [3.8, 4) is 0 Å². The minimum Gasteiger partial charge on any atom is -0.373 e. The smallest absolute Gasteiger partial charge is 0.244 e. The molecule has 1 aliphatic rings. The second kappa shape index (κ2) is 9.33. The second-order valence-corrected chi connectivity index (χ2v) is 7.13. The standard InChI is InChI=1S/C18H25ClN2O2S/c1-4-13-7-10-16(24-6-3)15(5-2)18(13)21(17(22)11-19)12-23-20-14-8-9-14/h7,10H,4-6,8-9,11-12H2,1-3H3. The molecule has 6 heteroatoms. The number of rotatable bonds is 9. The van der Waals surface area contributed by atoms with Crippen LogP contribution in [0.15, 0.2) is 22.2 Å². The van der Waals surface area contributed by atoms with Gasteiger partial charge >= 0.3 is 0 Å². The van der Waals surface area contributed by atoms with Gasteiger partial charge in [-0.15, -0.1) is 23.4 Å². The quantitative estimate of drug-likeness (QED) is 0.276. The highest BCUT2D eigenvalue weighted by Crippen LogP contribution is 2.35. The van der Waals surface area contributed by atoms with Crippen LogP contribution >= 0.6 is 23.4 Å². The average molecular weight is 369 g/mol. The first-order valence-corrected chi connectivity index (χ1v) is 9.99. The van der Waals surface area contributed by atoms with Crippen molar-refractivity contribution in [3.05, 3.63) is 23.3 Å². The monoisotopic (exact) mass is 368 g/mol. The number of oxime groups is 1. The lowest BCUT2D eigenvalue weighted by molar-refractivity contribution is -0.117. The molecule has 0 aromatic heterocycles. The van der Waals surface area contributed by atoms with Gasteiger partial charge in [0, 0.05) is 4.90 Å². The molecule has 0 radical (unpaired) electrons. The van der Waals surface area contributed by atoms with Crippen molar-refractivity contribution in [2.75, 3.05) is 23.3 Å². The molecule has 0 saturated heterocycles. The molecule has 4 nitrogen and oxygen atoms in total. The fourth-order valence-electron chi connectivity index (χ4n) is 2.58. The van der Waals surface area contributed by atoms with E-state index in [2.05, 4.69) is 38.1 Å². The zero-order chi connectivity index (χ0) is 17.5. The summed E-state index contributed by atoms with van der Waals surface area (Å²) in [5, 5.41) is 4.06. The highest BCUT2D eigenvalue weighted by atomic mass is 35.5. The summed E-state index contributed by atoms with van der Waals surface area (Å²) in [6, 6.07) is 4.26. The Morgan fingerprint density at radius 2 is 2.04 bits per heavy atom. The molecule has 0 N–H and O–H groups in total. The Morgan fingerprint density at radius 1 is 1.29 bits per heavy atom. The first-order chi connectivity index (χ1) is 11.7. The lowest BCUT2D eigenvalue weighted by atomic mass is 10.0. The van der Waals surface area contributed by atoms with Crippen molar-refractivity contribution >= 4 is 40.7 Å². The molecule has 1 fully saturated rings. The lowest BCUT2D eigenvalue weighted by Gasteiger charge is -2.27. The van der Waals surface area contributed by atoms with E-state index in [1.54, 1.807) is 16.7 Å². The zero-order valence-corrected chi connectivity index (χ0v) is 16.2. The molecule has 1 aromatic rings. The van der Waals surface area contributed by atoms with Gasteiger partial charge in [0.05, 0.1) is 11.4 Å². The maximum Gasteiger partial charge on any atom is 0.244 e. The molecule has 0 unspecified atom stereocenters. The Kier molecular flexibility index (Phi) is 7.43. The summed E-state index contributed by atoms with van der Waals surface area (Å²) in [5.41, 5.74) is 4.31. The summed E-state index contributed by atoms with van der Waals surface area (Å²) in [6.45, 7) is 6.45. The fraction of sp³-hybridized carbons (Fsp3) is 0.556. The van der Waals surface area contributed by atoms with Crippen LogP contribution in [0, 0.1) is 0 Å². The normalized spacial score (nSPS) is 12.9. The predicted octanol–water partition coefficient (Wildman–Crippen LogP) is 4.62. The molecule has 0 atom stereocenters. The molecule has 1 aromatic carbocycles. The topological polar surface area (TPSA) is 41.9 Å². The van der Waals surface area contributed by atoms with Gasteiger partial charge in [0.1, 0.15) is 5.88 Å². The third-order valence-electron chi connectivity index (χ3n) is 3.90. The van der Waals surface area contributed by atoms with Crippen LogP contribution in [-0.4, -0.2) is 30.0 Å². The van der Waals surface area contributed by atoms with Crippen molar-refractivity contribution in [1.82, 2.24) is 0 Å². The van der Waals surface area contributed by atoms with E-state index in [-0.39, 0.29) is 18.5 Å². The highest BCUT2D eigenvalue weighted by Gasteiger charge is 2.23. The largest absolute Gasteiger partial charge is 0.373 e. The second-order valence-electron chi connectivity index (χ2n) is 5.56. The Balaban J connectivity index is 2.42. The number of nitrogens with zero attached hydrogens (tertiary/aromatic N) is 2. The highest BCUT2D eigenvalue weighted by molar-refractivity contribution is 7.99. The van der Waals surface area contributed by atoms with Crippen LogP contribution < -0.4 is 4.90 Å². The minimum absolute atomic E-state index is 0.0720. The molecular formula is C18H25ClN2O2S. The van der Waals surface area contributed by atoms with Crippen molar-refractivity contribution < 1.29 is 9.63 Å². The summed E-state index contributed by atoms with van der Waals surface area (Å²) in [6.07, 6.45) is 3.69. The molecule has 0 spiro atoms. The summed E-state index contributed by atoms with van der Waals surface area (Å²) < 4.78 is 0. The number of hydrogen-bond acceptors (Lipinski definition) is 4. The Labute approximate surface area is 153 Å². The molecule has 132 valence electrons. The van der Waals surface area contributed by atoms with E-state index in [1.807, 2.05) is 0 Å². The third-order valence-corrected chi connectivity index (χ3v) is 5.11. The number of carbonyl (C=O) groups is 1. The number of anilines is 1. The Bertz CT molecular complexity index is 613. The fourth-order valence-corrected chi connectivity index (χ4v) is 3.61. The number of aryl methyl sites for hydroxylation is 1. The summed E-state index contributed by atoms with van der Waals surface area (Å²) in [4.78, 5) is 20.8.